The Labute approximate surface area is 174 Å². The molecule has 0 N–H and O–H groups in total. The van der Waals surface area contributed by atoms with E-state index in [-0.39, 0.29) is 0 Å². The van der Waals surface area contributed by atoms with Gasteiger partial charge in [0.1, 0.15) is 0 Å². The van der Waals surface area contributed by atoms with Gasteiger partial charge in [0.05, 0.1) is 0 Å². The standard InChI is InChI=1S/C22H28Br2S/c23-21-15-7-5-13-19(21)11-3-1-9-17-25-18-10-2-4-12-20-14-6-8-16-22(20)24/h5-8,13-16H,1-4,9-12,17-18H2. The lowest BCUT2D eigenvalue weighted by molar-refractivity contribution is 0.714. The summed E-state index contributed by atoms with van der Waals surface area (Å²) in [5, 5.41) is 0. The van der Waals surface area contributed by atoms with Gasteiger partial charge >= 0.3 is 0 Å². The van der Waals surface area contributed by atoms with Crippen LogP contribution in [0.15, 0.2) is 57.5 Å². The van der Waals surface area contributed by atoms with Gasteiger partial charge in [-0.3, -0.25) is 0 Å². The zero-order valence-electron chi connectivity index (χ0n) is 14.9. The normalized spacial score (nSPS) is 11.0. The van der Waals surface area contributed by atoms with E-state index in [1.54, 1.807) is 0 Å². The summed E-state index contributed by atoms with van der Waals surface area (Å²) in [6.45, 7) is 0. The lowest BCUT2D eigenvalue weighted by Gasteiger charge is -2.05. The Morgan fingerprint density at radius 1 is 0.560 bits per heavy atom. The number of benzene rings is 2. The number of halogens is 2. The first-order valence-electron chi connectivity index (χ1n) is 9.32. The molecule has 0 unspecified atom stereocenters. The van der Waals surface area contributed by atoms with Gasteiger partial charge in [-0.15, -0.1) is 0 Å². The minimum Gasteiger partial charge on any atom is -0.162 e. The highest BCUT2D eigenvalue weighted by Gasteiger charge is 2.00. The van der Waals surface area contributed by atoms with Crippen LogP contribution in [0.25, 0.3) is 0 Å². The summed E-state index contributed by atoms with van der Waals surface area (Å²) in [4.78, 5) is 0. The molecule has 0 fully saturated rings. The third-order valence-corrected chi connectivity index (χ3v) is 7.09. The minimum atomic E-state index is 1.20. The fourth-order valence-electron chi connectivity index (χ4n) is 2.90. The van der Waals surface area contributed by atoms with Crippen LogP contribution in [0, 0.1) is 0 Å². The van der Waals surface area contributed by atoms with Crippen molar-refractivity contribution in [3.8, 4) is 0 Å². The first-order chi connectivity index (χ1) is 12.3. The molecule has 2 aromatic carbocycles. The number of thioether (sulfide) groups is 1. The van der Waals surface area contributed by atoms with Crippen LogP contribution in [0.4, 0.5) is 0 Å². The minimum absolute atomic E-state index is 1.20. The van der Waals surface area contributed by atoms with Crippen LogP contribution in [0.1, 0.15) is 49.7 Å². The van der Waals surface area contributed by atoms with Gasteiger partial charge in [-0.1, -0.05) is 81.1 Å². The topological polar surface area (TPSA) is 0 Å². The summed E-state index contributed by atoms with van der Waals surface area (Å²) in [7, 11) is 0. The fourth-order valence-corrected chi connectivity index (χ4v) is 4.88. The molecule has 0 aliphatic rings. The molecule has 0 bridgehead atoms. The van der Waals surface area contributed by atoms with E-state index in [4.69, 9.17) is 0 Å². The van der Waals surface area contributed by atoms with Crippen molar-refractivity contribution in [2.45, 2.75) is 51.4 Å². The molecule has 0 saturated carbocycles. The molecule has 0 nitrogen and oxygen atoms in total. The Morgan fingerprint density at radius 3 is 1.44 bits per heavy atom. The van der Waals surface area contributed by atoms with Crippen LogP contribution < -0.4 is 0 Å². The summed E-state index contributed by atoms with van der Waals surface area (Å²) < 4.78 is 2.51. The predicted molar refractivity (Wildman–Crippen MR) is 121 cm³/mol. The van der Waals surface area contributed by atoms with Crippen molar-refractivity contribution in [3.05, 3.63) is 68.6 Å². The van der Waals surface area contributed by atoms with Crippen molar-refractivity contribution < 1.29 is 0 Å². The number of hydrogen-bond acceptors (Lipinski definition) is 1. The van der Waals surface area contributed by atoms with Gasteiger partial charge in [0.2, 0.25) is 0 Å². The highest BCUT2D eigenvalue weighted by atomic mass is 79.9. The van der Waals surface area contributed by atoms with E-state index >= 15 is 0 Å². The maximum atomic E-state index is 3.63. The summed E-state index contributed by atoms with van der Waals surface area (Å²) in [6, 6.07) is 17.2. The van der Waals surface area contributed by atoms with Crippen LogP contribution in [-0.4, -0.2) is 11.5 Å². The number of hydrogen-bond donors (Lipinski definition) is 0. The highest BCUT2D eigenvalue weighted by molar-refractivity contribution is 9.10. The Hall–Kier alpha value is -0.250. The van der Waals surface area contributed by atoms with Gasteiger partial charge in [0.15, 0.2) is 0 Å². The third-order valence-electron chi connectivity index (χ3n) is 4.39. The molecule has 2 aromatic rings. The van der Waals surface area contributed by atoms with E-state index in [2.05, 4.69) is 92.2 Å². The van der Waals surface area contributed by atoms with Gasteiger partial charge in [-0.2, -0.15) is 11.8 Å². The molecule has 0 aromatic heterocycles. The molecule has 0 radical (unpaired) electrons. The molecule has 3 heteroatoms. The Balaban J connectivity index is 1.40. The summed E-state index contributed by atoms with van der Waals surface area (Å²) >= 11 is 9.40. The second kappa shape index (κ2) is 13.0. The van der Waals surface area contributed by atoms with Crippen molar-refractivity contribution >= 4 is 43.6 Å². The largest absolute Gasteiger partial charge is 0.162 e. The SMILES string of the molecule is Brc1ccccc1CCCCCSCCCCCc1ccccc1Br. The molecule has 0 atom stereocenters. The van der Waals surface area contributed by atoms with E-state index < -0.39 is 0 Å². The van der Waals surface area contributed by atoms with Crippen LogP contribution in [0.3, 0.4) is 0 Å². The Bertz CT molecular complexity index is 559. The van der Waals surface area contributed by atoms with Crippen LogP contribution in [-0.2, 0) is 12.8 Å². The lowest BCUT2D eigenvalue weighted by Crippen LogP contribution is -1.90. The zero-order valence-corrected chi connectivity index (χ0v) is 18.8. The van der Waals surface area contributed by atoms with E-state index in [9.17, 15) is 0 Å². The highest BCUT2D eigenvalue weighted by Crippen LogP contribution is 2.20. The second-order valence-electron chi connectivity index (χ2n) is 6.42. The molecule has 0 saturated heterocycles. The number of rotatable bonds is 12. The number of aryl methyl sites for hydroxylation is 2. The molecule has 0 heterocycles. The molecule has 2 rings (SSSR count). The molecule has 25 heavy (non-hydrogen) atoms. The summed E-state index contributed by atoms with van der Waals surface area (Å²) in [5.74, 6) is 2.64. The molecule has 0 aliphatic carbocycles. The van der Waals surface area contributed by atoms with Gasteiger partial charge < -0.3 is 0 Å². The monoisotopic (exact) mass is 482 g/mol. The van der Waals surface area contributed by atoms with Crippen molar-refractivity contribution in [2.24, 2.45) is 0 Å². The molecule has 136 valence electrons. The van der Waals surface area contributed by atoms with Crippen molar-refractivity contribution in [2.75, 3.05) is 11.5 Å². The maximum Gasteiger partial charge on any atom is 0.0207 e. The summed E-state index contributed by atoms with van der Waals surface area (Å²) in [6.07, 6.45) is 10.4. The van der Waals surface area contributed by atoms with Gasteiger partial charge in [-0.25, -0.2) is 0 Å². The van der Waals surface area contributed by atoms with Crippen molar-refractivity contribution in [1.82, 2.24) is 0 Å². The molecule has 0 aliphatic heterocycles. The van der Waals surface area contributed by atoms with Crippen molar-refractivity contribution in [3.63, 3.8) is 0 Å². The van der Waals surface area contributed by atoms with E-state index in [1.165, 1.54) is 82.9 Å². The lowest BCUT2D eigenvalue weighted by atomic mass is 10.1. The van der Waals surface area contributed by atoms with E-state index in [1.807, 2.05) is 0 Å². The van der Waals surface area contributed by atoms with E-state index in [0.717, 1.165) is 0 Å². The predicted octanol–water partition coefficient (Wildman–Crippen LogP) is 8.07. The molecular weight excluding hydrogens is 456 g/mol. The fraction of sp³-hybridized carbons (Fsp3) is 0.455. The van der Waals surface area contributed by atoms with Gasteiger partial charge in [0.25, 0.3) is 0 Å². The molecule has 0 amide bonds. The van der Waals surface area contributed by atoms with Crippen LogP contribution in [0.5, 0.6) is 0 Å². The first kappa shape index (κ1) is 21.1. The molecule has 0 spiro atoms. The quantitative estimate of drug-likeness (QED) is 0.275. The third kappa shape index (κ3) is 8.79. The average molecular weight is 484 g/mol. The smallest absolute Gasteiger partial charge is 0.0207 e. The maximum absolute atomic E-state index is 3.63. The molecular formula is C22H28Br2S. The van der Waals surface area contributed by atoms with Crippen molar-refractivity contribution in [1.29, 1.82) is 0 Å². The zero-order chi connectivity index (χ0) is 17.7. The second-order valence-corrected chi connectivity index (χ2v) is 9.35. The van der Waals surface area contributed by atoms with Gasteiger partial charge in [-0.05, 0) is 73.3 Å². The number of unbranched alkanes of at least 4 members (excludes halogenated alkanes) is 4. The van der Waals surface area contributed by atoms with Gasteiger partial charge in [0, 0.05) is 8.95 Å². The summed E-state index contributed by atoms with van der Waals surface area (Å²) in [5.41, 5.74) is 2.89. The Morgan fingerprint density at radius 2 is 1.00 bits per heavy atom. The first-order valence-corrected chi connectivity index (χ1v) is 12.1. The Kier molecular flexibility index (Phi) is 10.9. The average Bonchev–Trinajstić information content (AvgIpc) is 2.62. The van der Waals surface area contributed by atoms with Crippen LogP contribution >= 0.6 is 43.6 Å². The van der Waals surface area contributed by atoms with E-state index in [0.29, 0.717) is 0 Å². The van der Waals surface area contributed by atoms with Crippen LogP contribution in [0.2, 0.25) is 0 Å².